The van der Waals surface area contributed by atoms with Crippen molar-refractivity contribution in [3.05, 3.63) is 41.1 Å². The van der Waals surface area contributed by atoms with Crippen LogP contribution in [0.5, 0.6) is 11.5 Å². The van der Waals surface area contributed by atoms with Crippen LogP contribution in [0.4, 0.5) is 19.0 Å². The van der Waals surface area contributed by atoms with Crippen LogP contribution in [0, 0.1) is 23.5 Å². The molecule has 0 saturated heterocycles. The molecule has 1 N–H and O–H groups in total. The summed E-state index contributed by atoms with van der Waals surface area (Å²) in [5, 5.41) is 2.59. The number of rotatable bonds is 3. The van der Waals surface area contributed by atoms with Crippen molar-refractivity contribution in [3.8, 4) is 11.5 Å². The number of nitrogens with zero attached hydrogens (tertiary/aromatic N) is 2. The second kappa shape index (κ2) is 5.31. The van der Waals surface area contributed by atoms with E-state index in [2.05, 4.69) is 21.4 Å². The first-order valence-corrected chi connectivity index (χ1v) is 5.34. The van der Waals surface area contributed by atoms with Gasteiger partial charge in [-0.1, -0.05) is 0 Å². The number of nitrogens with one attached hydrogen (secondary N) is 1. The summed E-state index contributed by atoms with van der Waals surface area (Å²) in [6, 6.07) is 2.76. The summed E-state index contributed by atoms with van der Waals surface area (Å²) >= 11 is 5.57. The van der Waals surface area contributed by atoms with Crippen molar-refractivity contribution >= 4 is 17.4 Å². The third-order valence-corrected chi connectivity index (χ3v) is 2.29. The summed E-state index contributed by atoms with van der Waals surface area (Å²) in [6.45, 7) is 0. The van der Waals surface area contributed by atoms with Gasteiger partial charge in [-0.05, 0) is 17.7 Å². The van der Waals surface area contributed by atoms with Gasteiger partial charge in [0.1, 0.15) is 0 Å². The van der Waals surface area contributed by atoms with Gasteiger partial charge in [-0.2, -0.15) is 9.37 Å². The van der Waals surface area contributed by atoms with E-state index in [0.717, 1.165) is 6.20 Å². The maximum Gasteiger partial charge on any atom is 0.224 e. The molecule has 0 aliphatic heterocycles. The molecule has 2 aromatic rings. The van der Waals surface area contributed by atoms with Crippen LogP contribution < -0.4 is 10.1 Å². The third-order valence-electron chi connectivity index (χ3n) is 2.11. The molecular formula is C11H6ClF3N3O. The lowest BCUT2D eigenvalue weighted by Gasteiger charge is -2.10. The van der Waals surface area contributed by atoms with E-state index in [0.29, 0.717) is 6.07 Å². The fourth-order valence-electron chi connectivity index (χ4n) is 1.25. The molecule has 0 bridgehead atoms. The second-order valence-corrected chi connectivity index (χ2v) is 3.64. The summed E-state index contributed by atoms with van der Waals surface area (Å²) in [5.41, 5.74) is 0. The highest BCUT2D eigenvalue weighted by Crippen LogP contribution is 2.30. The number of aromatic nitrogens is 2. The van der Waals surface area contributed by atoms with E-state index in [1.165, 1.54) is 7.05 Å². The van der Waals surface area contributed by atoms with Crippen LogP contribution in [0.1, 0.15) is 0 Å². The van der Waals surface area contributed by atoms with Crippen molar-refractivity contribution in [1.82, 2.24) is 9.97 Å². The van der Waals surface area contributed by atoms with Gasteiger partial charge in [-0.25, -0.2) is 13.8 Å². The Hall–Kier alpha value is -2.02. The average Bonchev–Trinajstić information content (AvgIpc) is 2.41. The van der Waals surface area contributed by atoms with Gasteiger partial charge in [0, 0.05) is 13.1 Å². The van der Waals surface area contributed by atoms with Gasteiger partial charge in [-0.15, -0.1) is 0 Å². The van der Waals surface area contributed by atoms with Crippen LogP contribution in [-0.2, 0) is 0 Å². The Bertz CT molecular complexity index is 624. The highest BCUT2D eigenvalue weighted by molar-refractivity contribution is 6.28. The van der Waals surface area contributed by atoms with Gasteiger partial charge in [0.25, 0.3) is 0 Å². The first kappa shape index (κ1) is 13.4. The number of benzene rings is 1. The maximum atomic E-state index is 13.4. The zero-order valence-electron chi connectivity index (χ0n) is 9.47. The topological polar surface area (TPSA) is 47.0 Å². The molecule has 1 aromatic heterocycles. The van der Waals surface area contributed by atoms with E-state index < -0.39 is 23.2 Å². The number of halogens is 4. The molecule has 0 aliphatic carbocycles. The third kappa shape index (κ3) is 2.70. The minimum Gasteiger partial charge on any atom is -0.448 e. The van der Waals surface area contributed by atoms with Crippen molar-refractivity contribution in [1.29, 1.82) is 0 Å². The first-order chi connectivity index (χ1) is 9.02. The number of hydrogen-bond acceptors (Lipinski definition) is 4. The van der Waals surface area contributed by atoms with Gasteiger partial charge >= 0.3 is 0 Å². The highest BCUT2D eigenvalue weighted by atomic mass is 35.5. The Morgan fingerprint density at radius 3 is 2.74 bits per heavy atom. The van der Waals surface area contributed by atoms with E-state index >= 15 is 0 Å². The van der Waals surface area contributed by atoms with Gasteiger partial charge in [0.2, 0.25) is 11.1 Å². The van der Waals surface area contributed by atoms with Crippen LogP contribution in [0.25, 0.3) is 0 Å². The van der Waals surface area contributed by atoms with Crippen molar-refractivity contribution in [2.24, 2.45) is 0 Å². The quantitative estimate of drug-likeness (QED) is 0.696. The minimum absolute atomic E-state index is 0.00643. The standard InChI is InChI=1S/C11H6ClF3N3O/c1-16-10-7(4-17-11(12)18-10)19-6-3-2-5(13)8(14)9(6)15/h2,4H,1H3,(H,16,17,18). The van der Waals surface area contributed by atoms with Crippen LogP contribution >= 0.6 is 11.6 Å². The van der Waals surface area contributed by atoms with Gasteiger partial charge < -0.3 is 10.1 Å². The summed E-state index contributed by atoms with van der Waals surface area (Å²) in [5.74, 6) is -4.94. The van der Waals surface area contributed by atoms with Crippen molar-refractivity contribution < 1.29 is 17.9 Å². The molecule has 4 nitrogen and oxygen atoms in total. The van der Waals surface area contributed by atoms with Gasteiger partial charge in [0.15, 0.2) is 29.0 Å². The lowest BCUT2D eigenvalue weighted by Crippen LogP contribution is -2.00. The normalized spacial score (nSPS) is 10.4. The Labute approximate surface area is 111 Å². The predicted molar refractivity (Wildman–Crippen MR) is 61.8 cm³/mol. The lowest BCUT2D eigenvalue weighted by molar-refractivity contribution is 0.392. The molecule has 0 amide bonds. The molecule has 0 unspecified atom stereocenters. The van der Waals surface area contributed by atoms with Crippen LogP contribution in [0.3, 0.4) is 0 Å². The molecule has 1 radical (unpaired) electrons. The molecular weight excluding hydrogens is 283 g/mol. The van der Waals surface area contributed by atoms with Crippen molar-refractivity contribution in [3.63, 3.8) is 0 Å². The molecule has 0 saturated carbocycles. The van der Waals surface area contributed by atoms with Crippen molar-refractivity contribution in [2.75, 3.05) is 12.4 Å². The van der Waals surface area contributed by atoms with Crippen LogP contribution in [-0.4, -0.2) is 17.0 Å². The lowest BCUT2D eigenvalue weighted by atomic mass is 10.3. The van der Waals surface area contributed by atoms with E-state index in [4.69, 9.17) is 16.3 Å². The molecule has 8 heteroatoms. The molecule has 0 atom stereocenters. The Kier molecular flexibility index (Phi) is 3.75. The molecule has 99 valence electrons. The van der Waals surface area contributed by atoms with Crippen LogP contribution in [0.15, 0.2) is 12.3 Å². The number of hydrogen-bond donors (Lipinski definition) is 1. The number of ether oxygens (including phenoxy) is 1. The number of anilines is 1. The molecule has 2 rings (SSSR count). The zero-order chi connectivity index (χ0) is 14.0. The Morgan fingerprint density at radius 2 is 2.05 bits per heavy atom. The van der Waals surface area contributed by atoms with E-state index in [1.54, 1.807) is 0 Å². The predicted octanol–water partition coefficient (Wildman–Crippen LogP) is 3.18. The Balaban J connectivity index is 2.39. The summed E-state index contributed by atoms with van der Waals surface area (Å²) < 4.78 is 44.2. The highest BCUT2D eigenvalue weighted by Gasteiger charge is 2.17. The molecule has 0 spiro atoms. The SMILES string of the molecule is CNc1nc(Cl)ncc1Oc1[c]cc(F)c(F)c1F. The molecule has 1 heterocycles. The van der Waals surface area contributed by atoms with Crippen LogP contribution in [0.2, 0.25) is 5.28 Å². The maximum absolute atomic E-state index is 13.4. The smallest absolute Gasteiger partial charge is 0.224 e. The summed E-state index contributed by atoms with van der Waals surface area (Å²) in [7, 11) is 1.52. The Morgan fingerprint density at radius 1 is 1.32 bits per heavy atom. The molecule has 0 aliphatic rings. The molecule has 1 aromatic carbocycles. The monoisotopic (exact) mass is 288 g/mol. The van der Waals surface area contributed by atoms with E-state index in [9.17, 15) is 13.2 Å². The van der Waals surface area contributed by atoms with E-state index in [-0.39, 0.29) is 16.9 Å². The summed E-state index contributed by atoms with van der Waals surface area (Å²) in [6.07, 6.45) is 1.16. The zero-order valence-corrected chi connectivity index (χ0v) is 10.2. The first-order valence-electron chi connectivity index (χ1n) is 4.96. The fourth-order valence-corrected chi connectivity index (χ4v) is 1.38. The van der Waals surface area contributed by atoms with Gasteiger partial charge in [-0.3, -0.25) is 0 Å². The fraction of sp³-hybridized carbons (Fsp3) is 0.0909. The van der Waals surface area contributed by atoms with Crippen molar-refractivity contribution in [2.45, 2.75) is 0 Å². The van der Waals surface area contributed by atoms with Gasteiger partial charge in [0.05, 0.1) is 6.20 Å². The second-order valence-electron chi connectivity index (χ2n) is 3.30. The summed E-state index contributed by atoms with van der Waals surface area (Å²) in [4.78, 5) is 7.41. The van der Waals surface area contributed by atoms with E-state index in [1.807, 2.05) is 0 Å². The largest absolute Gasteiger partial charge is 0.448 e. The molecule has 19 heavy (non-hydrogen) atoms. The average molecular weight is 289 g/mol. The minimum atomic E-state index is -1.64. The molecule has 0 fully saturated rings.